The molecule has 0 spiro atoms. The summed E-state index contributed by atoms with van der Waals surface area (Å²) in [5, 5.41) is 0. The normalized spacial score (nSPS) is 22.3. The van der Waals surface area contributed by atoms with Crippen LogP contribution in [0.3, 0.4) is 0 Å². The van der Waals surface area contributed by atoms with Crippen LogP contribution in [0.15, 0.2) is 36.7 Å². The first-order valence-electron chi connectivity index (χ1n) is 11.1. The number of hydrogen-bond acceptors (Lipinski definition) is 5. The van der Waals surface area contributed by atoms with Crippen molar-refractivity contribution < 1.29 is 19.1 Å². The molecule has 2 fully saturated rings. The Balaban J connectivity index is 1.20. The highest BCUT2D eigenvalue weighted by molar-refractivity contribution is 5.93. The van der Waals surface area contributed by atoms with Crippen molar-refractivity contribution in [2.24, 2.45) is 5.92 Å². The van der Waals surface area contributed by atoms with E-state index in [0.29, 0.717) is 71.1 Å². The molecule has 8 nitrogen and oxygen atoms in total. The smallest absolute Gasteiger partial charge is 0.274 e. The number of nitrogens with zero attached hydrogens (tertiary/aromatic N) is 4. The zero-order chi connectivity index (χ0) is 21.2. The summed E-state index contributed by atoms with van der Waals surface area (Å²) in [7, 11) is 0. The molecule has 1 aromatic heterocycles. The van der Waals surface area contributed by atoms with Crippen LogP contribution in [0.1, 0.15) is 40.7 Å². The first-order valence-corrected chi connectivity index (χ1v) is 11.1. The number of likely N-dealkylation sites (tertiary alicyclic amines) is 1. The van der Waals surface area contributed by atoms with Gasteiger partial charge in [-0.25, -0.2) is 4.98 Å². The third-order valence-corrected chi connectivity index (χ3v) is 6.56. The van der Waals surface area contributed by atoms with E-state index in [1.165, 1.54) is 0 Å². The molecule has 2 aromatic rings. The van der Waals surface area contributed by atoms with E-state index in [-0.39, 0.29) is 23.8 Å². The minimum absolute atomic E-state index is 0.00646. The van der Waals surface area contributed by atoms with Gasteiger partial charge in [-0.15, -0.1) is 0 Å². The molecule has 3 aliphatic rings. The zero-order valence-corrected chi connectivity index (χ0v) is 17.6. The molecule has 0 bridgehead atoms. The summed E-state index contributed by atoms with van der Waals surface area (Å²) >= 11 is 0. The largest absolute Gasteiger partial charge is 0.378 e. The van der Waals surface area contributed by atoms with Crippen LogP contribution in [0.25, 0.3) is 0 Å². The summed E-state index contributed by atoms with van der Waals surface area (Å²) in [6, 6.07) is 10.1. The van der Waals surface area contributed by atoms with E-state index < -0.39 is 0 Å². The number of carbonyl (C=O) groups excluding carboxylic acids is 2. The summed E-state index contributed by atoms with van der Waals surface area (Å²) in [4.78, 5) is 34.0. The van der Waals surface area contributed by atoms with E-state index in [2.05, 4.69) is 17.1 Å². The van der Waals surface area contributed by atoms with E-state index >= 15 is 0 Å². The van der Waals surface area contributed by atoms with Gasteiger partial charge >= 0.3 is 0 Å². The summed E-state index contributed by atoms with van der Waals surface area (Å²) in [6.07, 6.45) is 3.11. The Morgan fingerprint density at radius 2 is 1.71 bits per heavy atom. The van der Waals surface area contributed by atoms with E-state index in [1.807, 2.05) is 32.6 Å². The van der Waals surface area contributed by atoms with Gasteiger partial charge in [0.1, 0.15) is 6.10 Å². The van der Waals surface area contributed by atoms with Crippen molar-refractivity contribution in [2.75, 3.05) is 39.4 Å². The highest BCUT2D eigenvalue weighted by Crippen LogP contribution is 2.29. The number of amides is 2. The van der Waals surface area contributed by atoms with E-state index in [9.17, 15) is 9.59 Å². The molecule has 5 rings (SSSR count). The topological polar surface area (TPSA) is 76.9 Å². The average Bonchev–Trinajstić information content (AvgIpc) is 3.27. The summed E-state index contributed by atoms with van der Waals surface area (Å²) in [6.45, 7) is 4.75. The lowest BCUT2D eigenvalue weighted by molar-refractivity contribution is -0.141. The predicted molar refractivity (Wildman–Crippen MR) is 112 cm³/mol. The Hall–Kier alpha value is -2.71. The quantitative estimate of drug-likeness (QED) is 0.752. The van der Waals surface area contributed by atoms with Crippen LogP contribution >= 0.6 is 0 Å². The Labute approximate surface area is 181 Å². The average molecular weight is 425 g/mol. The minimum atomic E-state index is -0.0622. The fourth-order valence-corrected chi connectivity index (χ4v) is 4.70. The molecule has 164 valence electrons. The molecule has 31 heavy (non-hydrogen) atoms. The lowest BCUT2D eigenvalue weighted by Gasteiger charge is -2.35. The number of hydrogen-bond donors (Lipinski definition) is 0. The molecular formula is C23H28N4O4. The number of benzene rings is 1. The third-order valence-electron chi connectivity index (χ3n) is 6.56. The monoisotopic (exact) mass is 424 g/mol. The van der Waals surface area contributed by atoms with E-state index in [4.69, 9.17) is 9.47 Å². The first kappa shape index (κ1) is 20.2. The van der Waals surface area contributed by atoms with Gasteiger partial charge in [0.15, 0.2) is 5.69 Å². The van der Waals surface area contributed by atoms with Gasteiger partial charge < -0.3 is 23.8 Å². The Bertz CT molecular complexity index is 930. The number of imidazole rings is 1. The van der Waals surface area contributed by atoms with Crippen molar-refractivity contribution in [1.82, 2.24) is 19.4 Å². The van der Waals surface area contributed by atoms with Crippen LogP contribution in [0.4, 0.5) is 0 Å². The maximum Gasteiger partial charge on any atom is 0.274 e. The van der Waals surface area contributed by atoms with Gasteiger partial charge in [-0.2, -0.15) is 0 Å². The fraction of sp³-hybridized carbons (Fsp3) is 0.522. The molecule has 0 radical (unpaired) electrons. The highest BCUT2D eigenvalue weighted by Gasteiger charge is 2.33. The number of ether oxygens (including phenoxy) is 2. The van der Waals surface area contributed by atoms with Gasteiger partial charge in [-0.3, -0.25) is 9.59 Å². The van der Waals surface area contributed by atoms with Gasteiger partial charge in [0.05, 0.1) is 38.4 Å². The molecule has 0 saturated carbocycles. The van der Waals surface area contributed by atoms with Crippen molar-refractivity contribution in [3.63, 3.8) is 0 Å². The van der Waals surface area contributed by atoms with E-state index in [1.54, 1.807) is 6.33 Å². The van der Waals surface area contributed by atoms with Crippen LogP contribution in [0, 0.1) is 5.92 Å². The van der Waals surface area contributed by atoms with Crippen LogP contribution in [-0.4, -0.2) is 70.6 Å². The van der Waals surface area contributed by atoms with Crippen molar-refractivity contribution in [2.45, 2.75) is 32.1 Å². The number of carbonyl (C=O) groups is 2. The number of piperidine rings is 1. The molecule has 1 aromatic carbocycles. The van der Waals surface area contributed by atoms with Crippen LogP contribution < -0.4 is 0 Å². The second-order valence-corrected chi connectivity index (χ2v) is 8.41. The van der Waals surface area contributed by atoms with Crippen LogP contribution in [-0.2, 0) is 27.4 Å². The van der Waals surface area contributed by atoms with Gasteiger partial charge in [0.25, 0.3) is 5.91 Å². The lowest BCUT2D eigenvalue weighted by Crippen LogP contribution is -2.47. The molecule has 8 heteroatoms. The lowest BCUT2D eigenvalue weighted by atomic mass is 9.94. The SMILES string of the molecule is O=C(c1ncn2c1CO[C@@H](c1ccccc1)C2)N1CCC(C(=O)N2CCOCC2)CC1. The highest BCUT2D eigenvalue weighted by atomic mass is 16.5. The van der Waals surface area contributed by atoms with Crippen LogP contribution in [0.2, 0.25) is 0 Å². The minimum Gasteiger partial charge on any atom is -0.378 e. The maximum atomic E-state index is 13.1. The first-order chi connectivity index (χ1) is 15.2. The second-order valence-electron chi connectivity index (χ2n) is 8.41. The van der Waals surface area contributed by atoms with Crippen molar-refractivity contribution in [1.29, 1.82) is 0 Å². The summed E-state index contributed by atoms with van der Waals surface area (Å²) < 4.78 is 13.4. The van der Waals surface area contributed by atoms with Gasteiger partial charge in [-0.05, 0) is 18.4 Å². The Morgan fingerprint density at radius 1 is 0.968 bits per heavy atom. The van der Waals surface area contributed by atoms with Crippen LogP contribution in [0.5, 0.6) is 0 Å². The molecule has 0 aliphatic carbocycles. The third kappa shape index (κ3) is 4.09. The van der Waals surface area contributed by atoms with Gasteiger partial charge in [-0.1, -0.05) is 30.3 Å². The maximum absolute atomic E-state index is 13.1. The number of rotatable bonds is 3. The standard InChI is InChI=1S/C23H28N4O4/c28-22(26-10-12-30-13-11-26)18-6-8-25(9-7-18)23(29)21-19-15-31-20(14-27(19)16-24-21)17-4-2-1-3-5-17/h1-5,16,18,20H,6-15H2/t20-/m1/s1. The molecular weight excluding hydrogens is 396 g/mol. The Kier molecular flexibility index (Phi) is 5.74. The van der Waals surface area contributed by atoms with E-state index in [0.717, 1.165) is 11.3 Å². The summed E-state index contributed by atoms with van der Waals surface area (Å²) in [5.41, 5.74) is 2.44. The fourth-order valence-electron chi connectivity index (χ4n) is 4.70. The number of aromatic nitrogens is 2. The summed E-state index contributed by atoms with van der Waals surface area (Å²) in [5.74, 6) is 0.135. The molecule has 0 unspecified atom stereocenters. The molecule has 3 aliphatic heterocycles. The molecule has 0 N–H and O–H groups in total. The zero-order valence-electron chi connectivity index (χ0n) is 17.6. The van der Waals surface area contributed by atoms with Crippen molar-refractivity contribution >= 4 is 11.8 Å². The number of morpholine rings is 1. The molecule has 2 saturated heterocycles. The number of fused-ring (bicyclic) bond motifs is 1. The molecule has 4 heterocycles. The van der Waals surface area contributed by atoms with Crippen molar-refractivity contribution in [3.8, 4) is 0 Å². The molecule has 1 atom stereocenters. The molecule has 2 amide bonds. The van der Waals surface area contributed by atoms with Crippen molar-refractivity contribution in [3.05, 3.63) is 53.6 Å². The van der Waals surface area contributed by atoms with Gasteiger partial charge in [0, 0.05) is 32.1 Å². The second kappa shape index (κ2) is 8.80. The van der Waals surface area contributed by atoms with Gasteiger partial charge in [0.2, 0.25) is 5.91 Å². The Morgan fingerprint density at radius 3 is 2.45 bits per heavy atom. The predicted octanol–water partition coefficient (Wildman–Crippen LogP) is 1.87.